The number of alkyl halides is 3. The Hall–Kier alpha value is -3.89. The first-order valence-electron chi connectivity index (χ1n) is 10.1. The lowest BCUT2D eigenvalue weighted by molar-refractivity contribution is -0.141. The van der Waals surface area contributed by atoms with Crippen LogP contribution in [0.2, 0.25) is 0 Å². The van der Waals surface area contributed by atoms with Crippen molar-refractivity contribution in [3.8, 4) is 17.1 Å². The van der Waals surface area contributed by atoms with Crippen molar-refractivity contribution in [3.63, 3.8) is 0 Å². The van der Waals surface area contributed by atoms with Gasteiger partial charge in [-0.1, -0.05) is 6.07 Å². The number of halogens is 3. The van der Waals surface area contributed by atoms with Crippen molar-refractivity contribution >= 4 is 17.5 Å². The molecule has 4 rings (SSSR count). The molecule has 0 radical (unpaired) electrons. The number of benzene rings is 1. The summed E-state index contributed by atoms with van der Waals surface area (Å²) >= 11 is 0. The van der Waals surface area contributed by atoms with Crippen molar-refractivity contribution < 1.29 is 22.7 Å². The Morgan fingerprint density at radius 2 is 1.94 bits per heavy atom. The van der Waals surface area contributed by atoms with Gasteiger partial charge in [-0.05, 0) is 30.7 Å². The van der Waals surface area contributed by atoms with Crippen LogP contribution in [0.4, 0.5) is 29.5 Å². The summed E-state index contributed by atoms with van der Waals surface area (Å²) in [6.45, 7) is 0.754. The Bertz CT molecular complexity index is 1130. The van der Waals surface area contributed by atoms with E-state index >= 15 is 0 Å². The number of methoxy groups -OCH3 is 1. The highest BCUT2D eigenvalue weighted by molar-refractivity contribution is 5.89. The second kappa shape index (κ2) is 9.31. The highest BCUT2D eigenvalue weighted by Crippen LogP contribution is 2.32. The molecule has 1 aliphatic heterocycles. The second-order valence-electron chi connectivity index (χ2n) is 7.43. The summed E-state index contributed by atoms with van der Waals surface area (Å²) in [5.41, 5.74) is -0.0234. The molecule has 2 amide bonds. The first-order valence-corrected chi connectivity index (χ1v) is 10.1. The largest absolute Gasteiger partial charge is 0.497 e. The number of amides is 2. The first-order chi connectivity index (χ1) is 15.8. The third kappa shape index (κ3) is 5.48. The zero-order valence-electron chi connectivity index (χ0n) is 17.6. The molecular formula is C22H21F3N6O2. The van der Waals surface area contributed by atoms with E-state index < -0.39 is 17.9 Å². The monoisotopic (exact) mass is 458 g/mol. The molecule has 0 aliphatic carbocycles. The van der Waals surface area contributed by atoms with Crippen LogP contribution in [-0.4, -0.2) is 47.2 Å². The van der Waals surface area contributed by atoms with Crippen LogP contribution in [0, 0.1) is 0 Å². The van der Waals surface area contributed by atoms with Crippen molar-refractivity contribution in [3.05, 3.63) is 60.6 Å². The van der Waals surface area contributed by atoms with E-state index in [0.717, 1.165) is 6.07 Å². The zero-order chi connectivity index (χ0) is 23.4. The molecule has 3 heterocycles. The van der Waals surface area contributed by atoms with E-state index in [1.54, 1.807) is 41.3 Å². The summed E-state index contributed by atoms with van der Waals surface area (Å²) in [6, 6.07) is 10.3. The Morgan fingerprint density at radius 1 is 1.15 bits per heavy atom. The fraction of sp³-hybridized carbons (Fsp3) is 0.273. The van der Waals surface area contributed by atoms with Gasteiger partial charge in [0.25, 0.3) is 0 Å². The second-order valence-corrected chi connectivity index (χ2v) is 7.43. The van der Waals surface area contributed by atoms with E-state index in [9.17, 15) is 18.0 Å². The number of nitrogens with one attached hydrogen (secondary N) is 2. The van der Waals surface area contributed by atoms with Gasteiger partial charge in [0.2, 0.25) is 0 Å². The van der Waals surface area contributed by atoms with Crippen LogP contribution in [-0.2, 0) is 6.18 Å². The van der Waals surface area contributed by atoms with E-state index in [1.165, 1.54) is 19.5 Å². The molecule has 1 unspecified atom stereocenters. The standard InChI is InChI=1S/C22H21F3N6O2/c1-33-17-4-2-3-15(11-17)27-21(32)28-16-7-10-31(13-16)19-12-18(22(23,24)25)29-20(30-19)14-5-8-26-9-6-14/h2-6,8-9,11-12,16H,7,10,13H2,1H3,(H2,27,28,32). The maximum atomic E-state index is 13.5. The van der Waals surface area contributed by atoms with Gasteiger partial charge in [0.05, 0.1) is 7.11 Å². The zero-order valence-corrected chi connectivity index (χ0v) is 17.6. The van der Waals surface area contributed by atoms with Gasteiger partial charge in [-0.2, -0.15) is 13.2 Å². The van der Waals surface area contributed by atoms with Gasteiger partial charge < -0.3 is 20.3 Å². The third-order valence-corrected chi connectivity index (χ3v) is 5.12. The molecule has 1 aliphatic rings. The predicted octanol–water partition coefficient (Wildman–Crippen LogP) is 3.97. The minimum Gasteiger partial charge on any atom is -0.497 e. The maximum Gasteiger partial charge on any atom is 0.433 e. The van der Waals surface area contributed by atoms with Gasteiger partial charge in [-0.25, -0.2) is 14.8 Å². The van der Waals surface area contributed by atoms with Crippen LogP contribution >= 0.6 is 0 Å². The first kappa shape index (κ1) is 22.3. The number of pyridine rings is 1. The molecule has 0 bridgehead atoms. The van der Waals surface area contributed by atoms with Crippen LogP contribution in [0.3, 0.4) is 0 Å². The summed E-state index contributed by atoms with van der Waals surface area (Å²) in [7, 11) is 1.53. The topological polar surface area (TPSA) is 92.3 Å². The Balaban J connectivity index is 1.47. The molecule has 2 aromatic heterocycles. The maximum absolute atomic E-state index is 13.5. The number of carbonyl (C=O) groups is 1. The molecule has 33 heavy (non-hydrogen) atoms. The lowest BCUT2D eigenvalue weighted by Crippen LogP contribution is -2.39. The van der Waals surface area contributed by atoms with Crippen molar-refractivity contribution in [2.45, 2.75) is 18.6 Å². The molecule has 2 N–H and O–H groups in total. The molecule has 3 aromatic rings. The molecule has 1 fully saturated rings. The number of ether oxygens (including phenoxy) is 1. The normalized spacial score (nSPS) is 15.9. The number of aromatic nitrogens is 3. The SMILES string of the molecule is COc1cccc(NC(=O)NC2CCN(c3cc(C(F)(F)F)nc(-c4ccncc4)n3)C2)c1. The minimum absolute atomic E-state index is 0.0330. The number of urea groups is 1. The highest BCUT2D eigenvalue weighted by Gasteiger charge is 2.35. The number of hydrogen-bond acceptors (Lipinski definition) is 6. The number of carbonyl (C=O) groups excluding carboxylic acids is 1. The number of hydrogen-bond donors (Lipinski definition) is 2. The summed E-state index contributed by atoms with van der Waals surface area (Å²) in [5, 5.41) is 5.58. The summed E-state index contributed by atoms with van der Waals surface area (Å²) in [6.07, 6.45) is -1.13. The lowest BCUT2D eigenvalue weighted by atomic mass is 10.2. The predicted molar refractivity (Wildman–Crippen MR) is 116 cm³/mol. The molecule has 0 saturated carbocycles. The molecule has 0 spiro atoms. The van der Waals surface area contributed by atoms with E-state index in [4.69, 9.17) is 4.74 Å². The average Bonchev–Trinajstić information content (AvgIpc) is 3.27. The van der Waals surface area contributed by atoms with Crippen LogP contribution in [0.5, 0.6) is 5.75 Å². The van der Waals surface area contributed by atoms with Crippen molar-refractivity contribution in [2.75, 3.05) is 30.4 Å². The van der Waals surface area contributed by atoms with Gasteiger partial charge >= 0.3 is 12.2 Å². The Kier molecular flexibility index (Phi) is 6.29. The van der Waals surface area contributed by atoms with Gasteiger partial charge in [0.1, 0.15) is 11.6 Å². The highest BCUT2D eigenvalue weighted by atomic mass is 19.4. The Morgan fingerprint density at radius 3 is 2.67 bits per heavy atom. The molecule has 8 nitrogen and oxygen atoms in total. The van der Waals surface area contributed by atoms with Crippen LogP contribution < -0.4 is 20.3 Å². The summed E-state index contributed by atoms with van der Waals surface area (Å²) in [4.78, 5) is 26.0. The number of rotatable bonds is 5. The summed E-state index contributed by atoms with van der Waals surface area (Å²) in [5.74, 6) is 0.727. The van der Waals surface area contributed by atoms with Gasteiger partial charge in [-0.3, -0.25) is 4.98 Å². The van der Waals surface area contributed by atoms with Crippen LogP contribution in [0.15, 0.2) is 54.9 Å². The molecular weight excluding hydrogens is 437 g/mol. The van der Waals surface area contributed by atoms with E-state index in [1.807, 2.05) is 0 Å². The molecule has 1 aromatic carbocycles. The van der Waals surface area contributed by atoms with Crippen LogP contribution in [0.25, 0.3) is 11.4 Å². The van der Waals surface area contributed by atoms with E-state index in [2.05, 4.69) is 25.6 Å². The summed E-state index contributed by atoms with van der Waals surface area (Å²) < 4.78 is 45.5. The third-order valence-electron chi connectivity index (χ3n) is 5.12. The quantitative estimate of drug-likeness (QED) is 0.601. The smallest absolute Gasteiger partial charge is 0.433 e. The molecule has 172 valence electrons. The van der Waals surface area contributed by atoms with Crippen molar-refractivity contribution in [2.24, 2.45) is 0 Å². The fourth-order valence-corrected chi connectivity index (χ4v) is 3.51. The van der Waals surface area contributed by atoms with Gasteiger partial charge in [0.15, 0.2) is 11.5 Å². The van der Waals surface area contributed by atoms with Gasteiger partial charge in [-0.15, -0.1) is 0 Å². The van der Waals surface area contributed by atoms with E-state index in [0.29, 0.717) is 36.5 Å². The van der Waals surface area contributed by atoms with Gasteiger partial charge in [0, 0.05) is 54.9 Å². The minimum atomic E-state index is -4.62. The molecule has 11 heteroatoms. The van der Waals surface area contributed by atoms with Crippen molar-refractivity contribution in [1.29, 1.82) is 0 Å². The van der Waals surface area contributed by atoms with Crippen molar-refractivity contribution in [1.82, 2.24) is 20.3 Å². The number of nitrogens with zero attached hydrogens (tertiary/aromatic N) is 4. The Labute approximate surface area is 187 Å². The average molecular weight is 458 g/mol. The number of anilines is 2. The molecule has 1 saturated heterocycles. The lowest BCUT2D eigenvalue weighted by Gasteiger charge is -2.20. The van der Waals surface area contributed by atoms with E-state index in [-0.39, 0.29) is 17.7 Å². The molecule has 1 atom stereocenters. The van der Waals surface area contributed by atoms with Crippen LogP contribution in [0.1, 0.15) is 12.1 Å². The fourth-order valence-electron chi connectivity index (χ4n) is 3.51.